The van der Waals surface area contributed by atoms with Crippen LogP contribution in [0, 0.1) is 0 Å². The van der Waals surface area contributed by atoms with Gasteiger partial charge in [-0.15, -0.1) is 0 Å². The van der Waals surface area contributed by atoms with Crippen LogP contribution in [0.5, 0.6) is 0 Å². The number of nitrogens with zero attached hydrogens (tertiary/aromatic N) is 1. The molecule has 1 fully saturated rings. The predicted molar refractivity (Wildman–Crippen MR) is 146 cm³/mol. The van der Waals surface area contributed by atoms with Crippen LogP contribution < -0.4 is 16.4 Å². The number of amides is 3. The summed E-state index contributed by atoms with van der Waals surface area (Å²) >= 11 is 0. The minimum atomic E-state index is -3.73. The lowest BCUT2D eigenvalue weighted by molar-refractivity contribution is -0.129. The molecular formula is C27H36N4O6S. The normalized spacial score (nSPS) is 18.1. The molecule has 0 saturated carbocycles. The second-order valence-corrected chi connectivity index (χ2v) is 13.2. The van der Waals surface area contributed by atoms with E-state index in [0.717, 1.165) is 4.31 Å². The number of hydrogen-bond acceptors (Lipinski definition) is 7. The van der Waals surface area contributed by atoms with Crippen molar-refractivity contribution in [3.63, 3.8) is 0 Å². The van der Waals surface area contributed by atoms with Crippen LogP contribution in [0.25, 0.3) is 0 Å². The number of benzene rings is 2. The molecular weight excluding hydrogens is 508 g/mol. The van der Waals surface area contributed by atoms with Gasteiger partial charge >= 0.3 is 6.09 Å². The molecule has 0 aromatic heterocycles. The van der Waals surface area contributed by atoms with E-state index in [0.29, 0.717) is 22.5 Å². The second kappa shape index (κ2) is 10.6. The third-order valence-corrected chi connectivity index (χ3v) is 7.85. The topological polar surface area (TPSA) is 148 Å². The molecule has 0 aliphatic carbocycles. The summed E-state index contributed by atoms with van der Waals surface area (Å²) in [4.78, 5) is 38.6. The van der Waals surface area contributed by atoms with E-state index in [9.17, 15) is 22.8 Å². The minimum Gasteiger partial charge on any atom is -0.444 e. The maximum absolute atomic E-state index is 13.1. The molecule has 1 unspecified atom stereocenters. The first-order valence-electron chi connectivity index (χ1n) is 12.3. The molecule has 1 aliphatic rings. The van der Waals surface area contributed by atoms with Crippen LogP contribution in [-0.4, -0.2) is 53.6 Å². The molecule has 11 heteroatoms. The summed E-state index contributed by atoms with van der Waals surface area (Å²) in [5.41, 5.74) is 6.37. The van der Waals surface area contributed by atoms with Crippen molar-refractivity contribution in [2.75, 3.05) is 16.8 Å². The van der Waals surface area contributed by atoms with Crippen molar-refractivity contribution in [2.45, 2.75) is 71.1 Å². The highest BCUT2D eigenvalue weighted by molar-refractivity contribution is 7.90. The van der Waals surface area contributed by atoms with E-state index in [2.05, 4.69) is 10.6 Å². The fourth-order valence-electron chi connectivity index (χ4n) is 4.23. The highest BCUT2D eigenvalue weighted by atomic mass is 32.2. The van der Waals surface area contributed by atoms with Crippen molar-refractivity contribution in [1.82, 2.24) is 9.62 Å². The van der Waals surface area contributed by atoms with Crippen molar-refractivity contribution in [1.29, 1.82) is 0 Å². The van der Waals surface area contributed by atoms with Crippen LogP contribution in [0.15, 0.2) is 48.5 Å². The number of nitrogen functional groups attached to an aromatic ring is 1. The van der Waals surface area contributed by atoms with Crippen molar-refractivity contribution < 1.29 is 27.5 Å². The number of anilines is 2. The van der Waals surface area contributed by atoms with Gasteiger partial charge in [0, 0.05) is 6.42 Å². The quantitative estimate of drug-likeness (QED) is 0.472. The standard InChI is InChI=1S/C27H36N4O6S/c1-26(2,3)31-24(33)19(16-38(31,35)36)18-13-11-17(12-14-18)15-22(30-25(34)37-27(4,5)6)23(32)29-21-10-8-7-9-20(21)28/h7-14,19,22H,15-16,28H2,1-6H3,(H,29,32)(H,30,34)/t19?,22-/m0/s1. The molecule has 2 aromatic rings. The first-order valence-corrected chi connectivity index (χ1v) is 13.9. The van der Waals surface area contributed by atoms with Gasteiger partial charge in [-0.2, -0.15) is 0 Å². The number of nitrogens with two attached hydrogens (primary N) is 1. The molecule has 206 valence electrons. The zero-order valence-electron chi connectivity index (χ0n) is 22.6. The molecule has 1 aliphatic heterocycles. The van der Waals surface area contributed by atoms with E-state index in [4.69, 9.17) is 10.5 Å². The Balaban J connectivity index is 1.81. The van der Waals surface area contributed by atoms with Crippen molar-refractivity contribution in [2.24, 2.45) is 0 Å². The Morgan fingerprint density at radius 1 is 1.05 bits per heavy atom. The van der Waals surface area contributed by atoms with Gasteiger partial charge in [0.15, 0.2) is 0 Å². The summed E-state index contributed by atoms with van der Waals surface area (Å²) in [6.07, 6.45) is -0.636. The second-order valence-electron chi connectivity index (χ2n) is 11.3. The fourth-order valence-corrected chi connectivity index (χ4v) is 6.37. The van der Waals surface area contributed by atoms with E-state index < -0.39 is 51.0 Å². The molecule has 3 rings (SSSR count). The number of nitrogens with one attached hydrogen (secondary N) is 2. The van der Waals surface area contributed by atoms with E-state index >= 15 is 0 Å². The van der Waals surface area contributed by atoms with Gasteiger partial charge in [-0.05, 0) is 64.8 Å². The maximum atomic E-state index is 13.1. The number of rotatable bonds is 6. The fraction of sp³-hybridized carbons (Fsp3) is 0.444. The molecule has 0 radical (unpaired) electrons. The Hall–Kier alpha value is -3.60. The van der Waals surface area contributed by atoms with Gasteiger partial charge in [0.1, 0.15) is 11.6 Å². The lowest BCUT2D eigenvalue weighted by Gasteiger charge is -2.30. The Morgan fingerprint density at radius 3 is 2.18 bits per heavy atom. The lowest BCUT2D eigenvalue weighted by Crippen LogP contribution is -2.47. The number of hydrogen-bond donors (Lipinski definition) is 3. The molecule has 1 saturated heterocycles. The number of carbonyl (C=O) groups is 3. The molecule has 10 nitrogen and oxygen atoms in total. The highest BCUT2D eigenvalue weighted by Gasteiger charge is 2.49. The van der Waals surface area contributed by atoms with E-state index in [1.165, 1.54) is 0 Å². The minimum absolute atomic E-state index is 0.114. The van der Waals surface area contributed by atoms with Gasteiger partial charge in [-0.3, -0.25) is 9.59 Å². The average molecular weight is 545 g/mol. The molecule has 4 N–H and O–H groups in total. The first kappa shape index (κ1) is 29.0. The van der Waals surface area contributed by atoms with Crippen molar-refractivity contribution in [3.8, 4) is 0 Å². The third kappa shape index (κ3) is 7.03. The van der Waals surface area contributed by atoms with Crippen LogP contribution >= 0.6 is 0 Å². The number of para-hydroxylation sites is 2. The van der Waals surface area contributed by atoms with Gasteiger partial charge in [0.25, 0.3) is 0 Å². The predicted octanol–water partition coefficient (Wildman–Crippen LogP) is 3.40. The Bertz CT molecular complexity index is 1310. The summed E-state index contributed by atoms with van der Waals surface area (Å²) < 4.78 is 31.6. The molecule has 3 amide bonds. The molecule has 2 aromatic carbocycles. The van der Waals surface area contributed by atoms with E-state index in [1.807, 2.05) is 0 Å². The largest absolute Gasteiger partial charge is 0.444 e. The number of alkyl carbamates (subject to hydrolysis) is 1. The van der Waals surface area contributed by atoms with Gasteiger partial charge in [0.05, 0.1) is 28.6 Å². The highest BCUT2D eigenvalue weighted by Crippen LogP contribution is 2.35. The van der Waals surface area contributed by atoms with Crippen molar-refractivity contribution in [3.05, 3.63) is 59.7 Å². The zero-order valence-corrected chi connectivity index (χ0v) is 23.4. The van der Waals surface area contributed by atoms with Crippen LogP contribution in [-0.2, 0) is 30.8 Å². The summed E-state index contributed by atoms with van der Waals surface area (Å²) in [5.74, 6) is -2.06. The number of ether oxygens (including phenoxy) is 1. The monoisotopic (exact) mass is 544 g/mol. The molecule has 1 heterocycles. The van der Waals surface area contributed by atoms with Gasteiger partial charge in [-0.25, -0.2) is 17.5 Å². The van der Waals surface area contributed by atoms with Crippen LogP contribution in [0.2, 0.25) is 0 Å². The number of carbonyl (C=O) groups excluding carboxylic acids is 3. The van der Waals surface area contributed by atoms with Crippen molar-refractivity contribution >= 4 is 39.3 Å². The average Bonchev–Trinajstić information content (AvgIpc) is 3.02. The van der Waals surface area contributed by atoms with Crippen LogP contribution in [0.4, 0.5) is 16.2 Å². The Labute approximate surface area is 224 Å². The summed E-state index contributed by atoms with van der Waals surface area (Å²) in [7, 11) is -3.73. The van der Waals surface area contributed by atoms with Crippen LogP contribution in [0.3, 0.4) is 0 Å². The molecule has 0 bridgehead atoms. The van der Waals surface area contributed by atoms with E-state index in [1.54, 1.807) is 90.1 Å². The summed E-state index contributed by atoms with van der Waals surface area (Å²) in [6, 6.07) is 12.5. The first-order chi connectivity index (χ1) is 17.5. The zero-order chi connectivity index (χ0) is 28.5. The van der Waals surface area contributed by atoms with Crippen LogP contribution in [0.1, 0.15) is 58.6 Å². The van der Waals surface area contributed by atoms with Gasteiger partial charge < -0.3 is 21.1 Å². The molecule has 2 atom stereocenters. The SMILES string of the molecule is CC(C)(C)OC(=O)N[C@@H](Cc1ccc(C2CS(=O)(=O)N(C(C)(C)C)C2=O)cc1)C(=O)Nc1ccccc1N. The van der Waals surface area contributed by atoms with Gasteiger partial charge in [-0.1, -0.05) is 36.4 Å². The Kier molecular flexibility index (Phi) is 8.11. The third-order valence-electron chi connectivity index (χ3n) is 5.81. The Morgan fingerprint density at radius 2 is 1.66 bits per heavy atom. The number of sulfonamides is 1. The maximum Gasteiger partial charge on any atom is 0.408 e. The summed E-state index contributed by atoms with van der Waals surface area (Å²) in [5, 5.41) is 5.35. The molecule has 0 spiro atoms. The lowest BCUT2D eigenvalue weighted by atomic mass is 9.96. The van der Waals surface area contributed by atoms with Gasteiger partial charge in [0.2, 0.25) is 21.8 Å². The van der Waals surface area contributed by atoms with E-state index in [-0.39, 0.29) is 12.2 Å². The summed E-state index contributed by atoms with van der Waals surface area (Å²) in [6.45, 7) is 10.2. The smallest absolute Gasteiger partial charge is 0.408 e. The molecule has 38 heavy (non-hydrogen) atoms.